The number of rotatable bonds is 9. The molecule has 0 bridgehead atoms. The quantitative estimate of drug-likeness (QED) is 0.427. The van der Waals surface area contributed by atoms with Crippen LogP contribution in [0, 0.1) is 5.92 Å². The molecule has 8 nitrogen and oxygen atoms in total. The third-order valence-electron chi connectivity index (χ3n) is 5.64. The van der Waals surface area contributed by atoms with Gasteiger partial charge in [-0.15, -0.1) is 11.3 Å². The molecule has 0 spiro atoms. The highest BCUT2D eigenvalue weighted by atomic mass is 32.1. The van der Waals surface area contributed by atoms with Crippen LogP contribution in [0.4, 0.5) is 4.79 Å². The molecule has 0 fully saturated rings. The molecule has 2 aromatic carbocycles. The summed E-state index contributed by atoms with van der Waals surface area (Å²) in [7, 11) is 0. The molecule has 1 atom stereocenters. The summed E-state index contributed by atoms with van der Waals surface area (Å²) in [5, 5.41) is 14.8. The second-order valence-electron chi connectivity index (χ2n) is 8.21. The molecule has 1 aliphatic rings. The van der Waals surface area contributed by atoms with Crippen LogP contribution < -0.4 is 10.6 Å². The number of carbonyl (C=O) groups excluding carboxylic acids is 2. The van der Waals surface area contributed by atoms with Gasteiger partial charge in [-0.05, 0) is 28.2 Å². The van der Waals surface area contributed by atoms with E-state index in [2.05, 4.69) is 39.9 Å². The summed E-state index contributed by atoms with van der Waals surface area (Å²) in [6, 6.07) is 16.3. The molecule has 0 aliphatic heterocycles. The molecule has 1 aliphatic carbocycles. The maximum absolute atomic E-state index is 12.3. The Morgan fingerprint density at radius 2 is 1.71 bits per heavy atom. The number of benzene rings is 2. The highest BCUT2D eigenvalue weighted by Crippen LogP contribution is 2.44. The number of ether oxygens (including phenoxy) is 1. The van der Waals surface area contributed by atoms with Crippen molar-refractivity contribution in [3.8, 4) is 11.1 Å². The first-order chi connectivity index (χ1) is 16.4. The SMILES string of the molecule is CC(CNC(=O)c1cnc(CNC(=O)OCC2c3ccccc3-c3ccccc32)s1)CC(=O)O. The van der Waals surface area contributed by atoms with Gasteiger partial charge < -0.3 is 20.5 Å². The zero-order valence-corrected chi connectivity index (χ0v) is 19.4. The highest BCUT2D eigenvalue weighted by molar-refractivity contribution is 7.13. The lowest BCUT2D eigenvalue weighted by atomic mass is 9.98. The third-order valence-corrected chi connectivity index (χ3v) is 6.64. The molecule has 9 heteroatoms. The molecule has 1 heterocycles. The Bertz CT molecular complexity index is 1160. The number of carboxylic acid groups (broad SMARTS) is 1. The minimum atomic E-state index is -0.902. The van der Waals surface area contributed by atoms with Gasteiger partial charge in [-0.3, -0.25) is 9.59 Å². The molecule has 1 unspecified atom stereocenters. The molecule has 0 radical (unpaired) electrons. The molecular formula is C25H25N3O5S. The predicted molar refractivity (Wildman–Crippen MR) is 128 cm³/mol. The van der Waals surface area contributed by atoms with Crippen LogP contribution in [-0.4, -0.2) is 41.2 Å². The van der Waals surface area contributed by atoms with E-state index in [0.29, 0.717) is 9.88 Å². The summed E-state index contributed by atoms with van der Waals surface area (Å²) in [5.74, 6) is -1.41. The van der Waals surface area contributed by atoms with Gasteiger partial charge in [0.15, 0.2) is 0 Å². The molecular weight excluding hydrogens is 454 g/mol. The van der Waals surface area contributed by atoms with Crippen molar-refractivity contribution in [2.45, 2.75) is 25.8 Å². The number of hydrogen-bond acceptors (Lipinski definition) is 6. The third kappa shape index (κ3) is 5.43. The summed E-state index contributed by atoms with van der Waals surface area (Å²) in [5.41, 5.74) is 4.62. The Kier molecular flexibility index (Phi) is 7.22. The lowest BCUT2D eigenvalue weighted by molar-refractivity contribution is -0.137. The van der Waals surface area contributed by atoms with E-state index in [1.165, 1.54) is 6.20 Å². The molecule has 1 aromatic heterocycles. The van der Waals surface area contributed by atoms with E-state index in [1.54, 1.807) is 6.92 Å². The normalized spacial score (nSPS) is 13.0. The fourth-order valence-corrected chi connectivity index (χ4v) is 4.79. The van der Waals surface area contributed by atoms with Gasteiger partial charge in [-0.1, -0.05) is 55.5 Å². The van der Waals surface area contributed by atoms with Crippen LogP contribution in [0.25, 0.3) is 11.1 Å². The van der Waals surface area contributed by atoms with Crippen molar-refractivity contribution in [3.63, 3.8) is 0 Å². The number of alkyl carbamates (subject to hydrolysis) is 1. The van der Waals surface area contributed by atoms with E-state index in [9.17, 15) is 14.4 Å². The number of fused-ring (bicyclic) bond motifs is 3. The van der Waals surface area contributed by atoms with Gasteiger partial charge in [0.2, 0.25) is 0 Å². The van der Waals surface area contributed by atoms with E-state index in [1.807, 2.05) is 24.3 Å². The van der Waals surface area contributed by atoms with Crippen LogP contribution in [-0.2, 0) is 16.1 Å². The van der Waals surface area contributed by atoms with Crippen molar-refractivity contribution in [1.29, 1.82) is 0 Å². The second-order valence-corrected chi connectivity index (χ2v) is 9.33. The molecule has 3 aromatic rings. The smallest absolute Gasteiger partial charge is 0.407 e. The fraction of sp³-hybridized carbons (Fsp3) is 0.280. The van der Waals surface area contributed by atoms with Crippen LogP contribution in [0.1, 0.15) is 45.1 Å². The van der Waals surface area contributed by atoms with Gasteiger partial charge in [-0.2, -0.15) is 0 Å². The number of aliphatic carboxylic acids is 1. The van der Waals surface area contributed by atoms with Crippen molar-refractivity contribution in [2.75, 3.05) is 13.2 Å². The van der Waals surface area contributed by atoms with Crippen LogP contribution in [0.2, 0.25) is 0 Å². The Morgan fingerprint density at radius 1 is 1.06 bits per heavy atom. The van der Waals surface area contributed by atoms with E-state index in [0.717, 1.165) is 33.6 Å². The van der Waals surface area contributed by atoms with Crippen LogP contribution in [0.15, 0.2) is 54.7 Å². The Balaban J connectivity index is 1.27. The number of nitrogens with one attached hydrogen (secondary N) is 2. The number of thiazole rings is 1. The summed E-state index contributed by atoms with van der Waals surface area (Å²) < 4.78 is 5.51. The number of nitrogens with zero attached hydrogens (tertiary/aromatic N) is 1. The van der Waals surface area contributed by atoms with Crippen molar-refractivity contribution >= 4 is 29.3 Å². The fourth-order valence-electron chi connectivity index (χ4n) is 4.02. The van der Waals surface area contributed by atoms with Gasteiger partial charge >= 0.3 is 12.1 Å². The molecule has 0 saturated carbocycles. The largest absolute Gasteiger partial charge is 0.481 e. The van der Waals surface area contributed by atoms with Crippen LogP contribution in [0.5, 0.6) is 0 Å². The summed E-state index contributed by atoms with van der Waals surface area (Å²) in [6.07, 6.45) is 0.875. The van der Waals surface area contributed by atoms with Crippen molar-refractivity contribution in [1.82, 2.24) is 15.6 Å². The Morgan fingerprint density at radius 3 is 2.35 bits per heavy atom. The molecule has 176 valence electrons. The molecule has 34 heavy (non-hydrogen) atoms. The van der Waals surface area contributed by atoms with Gasteiger partial charge in [0.25, 0.3) is 5.91 Å². The van der Waals surface area contributed by atoms with Gasteiger partial charge in [0.05, 0.1) is 12.7 Å². The van der Waals surface area contributed by atoms with Gasteiger partial charge in [0.1, 0.15) is 16.5 Å². The highest BCUT2D eigenvalue weighted by Gasteiger charge is 2.29. The second kappa shape index (κ2) is 10.5. The van der Waals surface area contributed by atoms with E-state index < -0.39 is 12.1 Å². The summed E-state index contributed by atoms with van der Waals surface area (Å²) in [6.45, 7) is 2.38. The molecule has 0 saturated heterocycles. The molecule has 4 rings (SSSR count). The zero-order chi connectivity index (χ0) is 24.1. The first-order valence-electron chi connectivity index (χ1n) is 11.0. The summed E-state index contributed by atoms with van der Waals surface area (Å²) >= 11 is 1.16. The van der Waals surface area contributed by atoms with Crippen molar-refractivity contribution in [2.24, 2.45) is 5.92 Å². The van der Waals surface area contributed by atoms with E-state index in [4.69, 9.17) is 9.84 Å². The van der Waals surface area contributed by atoms with Crippen LogP contribution in [0.3, 0.4) is 0 Å². The Hall–Kier alpha value is -3.72. The number of aromatic nitrogens is 1. The zero-order valence-electron chi connectivity index (χ0n) is 18.6. The Labute approximate surface area is 201 Å². The first-order valence-corrected chi connectivity index (χ1v) is 11.8. The monoisotopic (exact) mass is 479 g/mol. The minimum Gasteiger partial charge on any atom is -0.481 e. The average Bonchev–Trinajstić information content (AvgIpc) is 3.42. The topological polar surface area (TPSA) is 118 Å². The molecule has 3 N–H and O–H groups in total. The average molecular weight is 480 g/mol. The van der Waals surface area contributed by atoms with Gasteiger partial charge in [-0.25, -0.2) is 9.78 Å². The van der Waals surface area contributed by atoms with Gasteiger partial charge in [0, 0.05) is 18.9 Å². The predicted octanol–water partition coefficient (Wildman–Crippen LogP) is 4.02. The number of hydrogen-bond donors (Lipinski definition) is 3. The number of carbonyl (C=O) groups is 3. The maximum Gasteiger partial charge on any atom is 0.407 e. The van der Waals surface area contributed by atoms with E-state index >= 15 is 0 Å². The standard InChI is InChI=1S/C25H25N3O5S/c1-15(10-23(29)30)11-27-24(31)21-12-26-22(34-21)13-28-25(32)33-14-20-18-8-4-2-6-16(18)17-7-3-5-9-19(17)20/h2-9,12,15,20H,10-11,13-14H2,1H3,(H,27,31)(H,28,32)(H,29,30). The minimum absolute atomic E-state index is 0.0156. The van der Waals surface area contributed by atoms with Crippen molar-refractivity contribution < 1.29 is 24.2 Å². The van der Waals surface area contributed by atoms with Crippen molar-refractivity contribution in [3.05, 3.63) is 75.7 Å². The number of carboxylic acids is 1. The lowest BCUT2D eigenvalue weighted by Gasteiger charge is -2.14. The summed E-state index contributed by atoms with van der Waals surface area (Å²) in [4.78, 5) is 39.8. The first kappa shape index (κ1) is 23.4. The van der Waals surface area contributed by atoms with Crippen LogP contribution >= 0.6 is 11.3 Å². The van der Waals surface area contributed by atoms with E-state index in [-0.39, 0.29) is 43.9 Å². The maximum atomic E-state index is 12.3. The lowest BCUT2D eigenvalue weighted by Crippen LogP contribution is -2.28. The molecule has 2 amide bonds. The number of amides is 2.